The van der Waals surface area contributed by atoms with Gasteiger partial charge in [0.05, 0.1) is 0 Å². The summed E-state index contributed by atoms with van der Waals surface area (Å²) in [4.78, 5) is 0. The van der Waals surface area contributed by atoms with Crippen LogP contribution in [-0.4, -0.2) is 13.2 Å². The molecule has 0 bridgehead atoms. The Kier molecular flexibility index (Phi) is 8.51. The molecule has 72 valence electrons. The third-order valence-electron chi connectivity index (χ3n) is 2.07. The van der Waals surface area contributed by atoms with Crippen molar-refractivity contribution in [1.82, 2.24) is 5.32 Å². The van der Waals surface area contributed by atoms with Gasteiger partial charge in [0.15, 0.2) is 0 Å². The maximum atomic E-state index is 5.33. The first-order chi connectivity index (χ1) is 5.85. The van der Waals surface area contributed by atoms with Gasteiger partial charge >= 0.3 is 0 Å². The van der Waals surface area contributed by atoms with Crippen molar-refractivity contribution >= 4 is 0 Å². The highest BCUT2D eigenvalue weighted by molar-refractivity contribution is 4.73. The van der Waals surface area contributed by atoms with E-state index in [1.807, 2.05) is 6.08 Å². The molecule has 0 radical (unpaired) electrons. The number of nitrogens with one attached hydrogen (secondary N) is 1. The summed E-state index contributed by atoms with van der Waals surface area (Å²) < 4.78 is 0. The van der Waals surface area contributed by atoms with E-state index in [2.05, 4.69) is 18.8 Å². The summed E-state index contributed by atoms with van der Waals surface area (Å²) in [5.41, 5.74) is 5.33. The monoisotopic (exact) mass is 170 g/mol. The molecule has 0 aromatic rings. The molecular weight excluding hydrogens is 148 g/mol. The third kappa shape index (κ3) is 6.38. The number of nitrogens with two attached hydrogens (primary N) is 1. The van der Waals surface area contributed by atoms with Crippen molar-refractivity contribution in [1.29, 1.82) is 0 Å². The van der Waals surface area contributed by atoms with Crippen molar-refractivity contribution < 1.29 is 0 Å². The predicted molar refractivity (Wildman–Crippen MR) is 54.9 cm³/mol. The highest BCUT2D eigenvalue weighted by atomic mass is 14.9. The molecule has 0 spiro atoms. The van der Waals surface area contributed by atoms with Gasteiger partial charge in [-0.3, -0.25) is 0 Å². The van der Waals surface area contributed by atoms with Crippen molar-refractivity contribution in [3.8, 4) is 0 Å². The van der Waals surface area contributed by atoms with Crippen LogP contribution in [0.1, 0.15) is 32.6 Å². The van der Waals surface area contributed by atoms with Crippen molar-refractivity contribution in [2.45, 2.75) is 32.6 Å². The number of allylic oxidation sites excluding steroid dienone is 1. The summed E-state index contributed by atoms with van der Waals surface area (Å²) in [6.45, 7) is 7.62. The van der Waals surface area contributed by atoms with Gasteiger partial charge in [-0.1, -0.05) is 25.8 Å². The summed E-state index contributed by atoms with van der Waals surface area (Å²) in [5, 5.41) is 3.14. The molecule has 0 fully saturated rings. The molecule has 12 heavy (non-hydrogen) atoms. The van der Waals surface area contributed by atoms with E-state index in [1.54, 1.807) is 0 Å². The molecule has 0 saturated heterocycles. The van der Waals surface area contributed by atoms with Gasteiger partial charge < -0.3 is 11.1 Å². The number of hydrogen-bond donors (Lipinski definition) is 2. The Morgan fingerprint density at radius 1 is 1.50 bits per heavy atom. The Morgan fingerprint density at radius 3 is 2.75 bits per heavy atom. The second kappa shape index (κ2) is 8.75. The van der Waals surface area contributed by atoms with Crippen LogP contribution in [0.2, 0.25) is 0 Å². The van der Waals surface area contributed by atoms with E-state index in [0.29, 0.717) is 6.67 Å². The summed E-state index contributed by atoms with van der Waals surface area (Å²) in [7, 11) is 0. The molecule has 0 rings (SSSR count). The lowest BCUT2D eigenvalue weighted by atomic mass is 9.96. The first-order valence-corrected chi connectivity index (χ1v) is 4.86. The molecule has 0 aliphatic heterocycles. The van der Waals surface area contributed by atoms with Crippen molar-refractivity contribution in [3.63, 3.8) is 0 Å². The highest BCUT2D eigenvalue weighted by Gasteiger charge is 2.04. The zero-order valence-corrected chi connectivity index (χ0v) is 8.18. The van der Waals surface area contributed by atoms with Crippen LogP contribution < -0.4 is 11.1 Å². The van der Waals surface area contributed by atoms with Gasteiger partial charge in [0.1, 0.15) is 0 Å². The first-order valence-electron chi connectivity index (χ1n) is 4.86. The lowest BCUT2D eigenvalue weighted by molar-refractivity contribution is 0.436. The lowest BCUT2D eigenvalue weighted by Crippen LogP contribution is -2.24. The van der Waals surface area contributed by atoms with Crippen LogP contribution in [0.4, 0.5) is 0 Å². The van der Waals surface area contributed by atoms with Crippen molar-refractivity contribution in [3.05, 3.63) is 12.7 Å². The van der Waals surface area contributed by atoms with Crippen molar-refractivity contribution in [2.75, 3.05) is 13.2 Å². The quantitative estimate of drug-likeness (QED) is 0.331. The van der Waals surface area contributed by atoms with Crippen LogP contribution in [0.25, 0.3) is 0 Å². The van der Waals surface area contributed by atoms with Crippen LogP contribution in [0, 0.1) is 5.92 Å². The molecule has 1 unspecified atom stereocenters. The molecule has 1 atom stereocenters. The van der Waals surface area contributed by atoms with Gasteiger partial charge in [-0.2, -0.15) is 0 Å². The highest BCUT2D eigenvalue weighted by Crippen LogP contribution is 2.14. The standard InChI is InChI=1S/C10H22N2/c1-3-5-10(6-4-2)7-8-12-9-11/h3,10,12H,1,4-9,11H2,2H3. The average Bonchev–Trinajstić information content (AvgIpc) is 2.06. The average molecular weight is 170 g/mol. The zero-order chi connectivity index (χ0) is 9.23. The molecule has 0 aliphatic carbocycles. The van der Waals surface area contributed by atoms with Crippen LogP contribution in [-0.2, 0) is 0 Å². The molecule has 0 saturated carbocycles. The first kappa shape index (κ1) is 11.7. The van der Waals surface area contributed by atoms with E-state index in [-0.39, 0.29) is 0 Å². The van der Waals surface area contributed by atoms with Crippen LogP contribution in [0.5, 0.6) is 0 Å². The minimum absolute atomic E-state index is 0.590. The topological polar surface area (TPSA) is 38.0 Å². The molecule has 3 N–H and O–H groups in total. The molecule has 0 heterocycles. The molecule has 0 amide bonds. The van der Waals surface area contributed by atoms with E-state index in [9.17, 15) is 0 Å². The summed E-state index contributed by atoms with van der Waals surface area (Å²) in [6.07, 6.45) is 6.94. The largest absolute Gasteiger partial charge is 0.318 e. The number of hydrogen-bond acceptors (Lipinski definition) is 2. The fourth-order valence-electron chi connectivity index (χ4n) is 1.43. The normalized spacial score (nSPS) is 12.8. The Bertz CT molecular complexity index is 102. The lowest BCUT2D eigenvalue weighted by Gasteiger charge is -2.13. The van der Waals surface area contributed by atoms with Gasteiger partial charge in [-0.15, -0.1) is 6.58 Å². The zero-order valence-electron chi connectivity index (χ0n) is 8.18. The predicted octanol–water partition coefficient (Wildman–Crippen LogP) is 1.87. The second-order valence-corrected chi connectivity index (χ2v) is 3.17. The maximum Gasteiger partial charge on any atom is 0.0428 e. The van der Waals surface area contributed by atoms with Gasteiger partial charge in [0, 0.05) is 6.67 Å². The van der Waals surface area contributed by atoms with E-state index in [4.69, 9.17) is 5.73 Å². The van der Waals surface area contributed by atoms with Gasteiger partial charge in [0.25, 0.3) is 0 Å². The molecule has 0 aromatic heterocycles. The maximum absolute atomic E-state index is 5.33. The molecular formula is C10H22N2. The van der Waals surface area contributed by atoms with Gasteiger partial charge in [-0.05, 0) is 25.3 Å². The van der Waals surface area contributed by atoms with Crippen LogP contribution in [0.3, 0.4) is 0 Å². The Balaban J connectivity index is 3.40. The van der Waals surface area contributed by atoms with E-state index in [1.165, 1.54) is 19.3 Å². The molecule has 2 nitrogen and oxygen atoms in total. The van der Waals surface area contributed by atoms with E-state index >= 15 is 0 Å². The minimum atomic E-state index is 0.590. The summed E-state index contributed by atoms with van der Waals surface area (Å²) in [6, 6.07) is 0. The SMILES string of the molecule is C=CCC(CCC)CCNCN. The van der Waals surface area contributed by atoms with Crippen LogP contribution in [0.15, 0.2) is 12.7 Å². The second-order valence-electron chi connectivity index (χ2n) is 3.17. The van der Waals surface area contributed by atoms with Crippen molar-refractivity contribution in [2.24, 2.45) is 11.7 Å². The Hall–Kier alpha value is -0.340. The summed E-state index contributed by atoms with van der Waals surface area (Å²) >= 11 is 0. The van der Waals surface area contributed by atoms with Gasteiger partial charge in [0.2, 0.25) is 0 Å². The molecule has 0 aliphatic rings. The fraction of sp³-hybridized carbons (Fsp3) is 0.800. The van der Waals surface area contributed by atoms with E-state index in [0.717, 1.165) is 18.9 Å². The summed E-state index contributed by atoms with van der Waals surface area (Å²) in [5.74, 6) is 0.798. The van der Waals surface area contributed by atoms with Gasteiger partial charge in [-0.25, -0.2) is 0 Å². The third-order valence-corrected chi connectivity index (χ3v) is 2.07. The fourth-order valence-corrected chi connectivity index (χ4v) is 1.43. The Morgan fingerprint density at radius 2 is 2.25 bits per heavy atom. The van der Waals surface area contributed by atoms with E-state index < -0.39 is 0 Å². The van der Waals surface area contributed by atoms with Crippen LogP contribution >= 0.6 is 0 Å². The Labute approximate surface area is 76.2 Å². The molecule has 2 heteroatoms. The smallest absolute Gasteiger partial charge is 0.0428 e. The molecule has 0 aromatic carbocycles. The minimum Gasteiger partial charge on any atom is -0.318 e. The number of rotatable bonds is 8.